The van der Waals surface area contributed by atoms with Crippen LogP contribution in [0.4, 0.5) is 0 Å². The number of nitrogens with two attached hydrogens (primary N) is 1. The van der Waals surface area contributed by atoms with Crippen molar-refractivity contribution in [2.45, 2.75) is 121 Å². The minimum atomic E-state index is -2.24. The van der Waals surface area contributed by atoms with E-state index >= 15 is 0 Å². The summed E-state index contributed by atoms with van der Waals surface area (Å²) in [6.45, 7) is 1.25. The van der Waals surface area contributed by atoms with Crippen LogP contribution in [0, 0.1) is 0 Å². The van der Waals surface area contributed by atoms with Gasteiger partial charge in [0, 0.05) is 0 Å². The number of carboxylic acids is 1. The molecule has 168 valence electrons. The monoisotopic (exact) mass is 405 g/mol. The molecular formula is C21H43NO6. The van der Waals surface area contributed by atoms with Gasteiger partial charge in [-0.2, -0.15) is 0 Å². The Morgan fingerprint density at radius 1 is 0.821 bits per heavy atom. The van der Waals surface area contributed by atoms with Crippen LogP contribution in [-0.4, -0.2) is 62.0 Å². The van der Waals surface area contributed by atoms with E-state index in [2.05, 4.69) is 6.92 Å². The first-order valence-corrected chi connectivity index (χ1v) is 11.0. The molecule has 0 heterocycles. The Balaban J connectivity index is 3.65. The molecule has 0 aliphatic heterocycles. The number of aliphatic carboxylic acids is 1. The first-order chi connectivity index (χ1) is 13.3. The summed E-state index contributed by atoms with van der Waals surface area (Å²) in [5.41, 5.74) is 3.23. The molecule has 0 aromatic carbocycles. The third-order valence-electron chi connectivity index (χ3n) is 5.48. The average Bonchev–Trinajstić information content (AvgIpc) is 2.68. The summed E-state index contributed by atoms with van der Waals surface area (Å²) < 4.78 is 0. The molecule has 0 spiro atoms. The lowest BCUT2D eigenvalue weighted by molar-refractivity contribution is -0.155. The number of carbonyl (C=O) groups is 1. The predicted octanol–water partition coefficient (Wildman–Crippen LogP) is 2.32. The van der Waals surface area contributed by atoms with Crippen molar-refractivity contribution in [1.29, 1.82) is 0 Å². The molecule has 0 saturated carbocycles. The Morgan fingerprint density at radius 3 is 1.68 bits per heavy atom. The summed E-state index contributed by atoms with van der Waals surface area (Å²) in [6.07, 6.45) is 10.6. The predicted molar refractivity (Wildman–Crippen MR) is 110 cm³/mol. The van der Waals surface area contributed by atoms with Crippen molar-refractivity contribution in [1.82, 2.24) is 0 Å². The second-order valence-electron chi connectivity index (χ2n) is 8.07. The molecule has 7 nitrogen and oxygen atoms in total. The highest BCUT2D eigenvalue weighted by Crippen LogP contribution is 2.18. The van der Waals surface area contributed by atoms with Crippen LogP contribution in [0.3, 0.4) is 0 Å². The van der Waals surface area contributed by atoms with Crippen molar-refractivity contribution in [2.75, 3.05) is 6.61 Å². The molecule has 0 radical (unpaired) electrons. The van der Waals surface area contributed by atoms with Gasteiger partial charge in [0.2, 0.25) is 0 Å². The highest BCUT2D eigenvalue weighted by Gasteiger charge is 2.44. The highest BCUT2D eigenvalue weighted by atomic mass is 16.4. The smallest absolute Gasteiger partial charge is 0.328 e. The van der Waals surface area contributed by atoms with E-state index in [4.69, 9.17) is 15.9 Å². The van der Waals surface area contributed by atoms with E-state index in [1.54, 1.807) is 0 Å². The zero-order valence-corrected chi connectivity index (χ0v) is 17.6. The maximum absolute atomic E-state index is 11.0. The molecule has 7 heteroatoms. The van der Waals surface area contributed by atoms with Gasteiger partial charge in [-0.3, -0.25) is 4.79 Å². The van der Waals surface area contributed by atoms with Crippen LogP contribution >= 0.6 is 0 Å². The number of hydrogen-bond donors (Lipinski definition) is 6. The highest BCUT2D eigenvalue weighted by molar-refractivity contribution is 5.79. The summed E-state index contributed by atoms with van der Waals surface area (Å²) in [5, 5.41) is 47.8. The van der Waals surface area contributed by atoms with Gasteiger partial charge in [-0.25, -0.2) is 0 Å². The van der Waals surface area contributed by atoms with E-state index in [9.17, 15) is 20.1 Å². The van der Waals surface area contributed by atoms with Crippen LogP contribution in [0.25, 0.3) is 0 Å². The number of unbranched alkanes of at least 4 members (excludes halogenated alkanes) is 9. The molecular weight excluding hydrogens is 362 g/mol. The molecule has 0 aromatic rings. The first kappa shape index (κ1) is 27.3. The Kier molecular flexibility index (Phi) is 15.7. The van der Waals surface area contributed by atoms with Gasteiger partial charge in [0.05, 0.1) is 18.8 Å². The molecule has 0 bridgehead atoms. The molecule has 4 atom stereocenters. The van der Waals surface area contributed by atoms with Gasteiger partial charge in [-0.05, 0) is 19.3 Å². The van der Waals surface area contributed by atoms with Crippen molar-refractivity contribution in [3.63, 3.8) is 0 Å². The summed E-state index contributed by atoms with van der Waals surface area (Å²) in [5.74, 6) is -1.53. The molecule has 7 N–H and O–H groups in total. The van der Waals surface area contributed by atoms with Crippen LogP contribution in [-0.2, 0) is 4.79 Å². The van der Waals surface area contributed by atoms with E-state index in [0.717, 1.165) is 57.8 Å². The van der Waals surface area contributed by atoms with Crippen LogP contribution in [0.5, 0.6) is 0 Å². The van der Waals surface area contributed by atoms with Gasteiger partial charge in [0.25, 0.3) is 0 Å². The van der Waals surface area contributed by atoms with Gasteiger partial charge < -0.3 is 31.3 Å². The molecule has 0 aliphatic rings. The second-order valence-corrected chi connectivity index (χ2v) is 8.07. The normalized spacial score (nSPS) is 17.1. The summed E-state index contributed by atoms with van der Waals surface area (Å²) in [7, 11) is 0. The summed E-state index contributed by atoms with van der Waals surface area (Å²) in [6, 6.07) is 0. The van der Waals surface area contributed by atoms with E-state index in [1.807, 2.05) is 0 Å². The number of carboxylic acid groups (broad SMARTS) is 1. The van der Waals surface area contributed by atoms with Crippen LogP contribution < -0.4 is 5.73 Å². The summed E-state index contributed by atoms with van der Waals surface area (Å²) >= 11 is 0. The molecule has 0 amide bonds. The van der Waals surface area contributed by atoms with Crippen molar-refractivity contribution >= 4 is 5.97 Å². The van der Waals surface area contributed by atoms with Crippen LogP contribution in [0.1, 0.15) is 96.8 Å². The molecule has 0 rings (SSSR count). The minimum Gasteiger partial charge on any atom is -0.480 e. The third kappa shape index (κ3) is 11.3. The fraction of sp³-hybridized carbons (Fsp3) is 0.952. The Hall–Kier alpha value is -0.730. The van der Waals surface area contributed by atoms with Crippen LogP contribution in [0.2, 0.25) is 0 Å². The van der Waals surface area contributed by atoms with Gasteiger partial charge >= 0.3 is 5.97 Å². The fourth-order valence-electron chi connectivity index (χ4n) is 3.36. The van der Waals surface area contributed by atoms with Gasteiger partial charge in [0.1, 0.15) is 6.10 Å². The Labute approximate surface area is 170 Å². The van der Waals surface area contributed by atoms with Crippen molar-refractivity contribution in [3.8, 4) is 0 Å². The maximum Gasteiger partial charge on any atom is 0.328 e. The quantitative estimate of drug-likeness (QED) is 0.181. The standard InChI is InChI=1S/C21H43NO6/c1-2-3-4-10-13-17(24)14-11-8-6-5-7-9-12-15-18(25)19(26)21(22,16-23)20(27)28/h17-19,23-26H,2-16,22H2,1H3,(H,27,28)/t17?,18-,19+,21+/m1/s1. The second kappa shape index (κ2) is 16.1. The lowest BCUT2D eigenvalue weighted by Gasteiger charge is -2.31. The Bertz CT molecular complexity index is 395. The maximum atomic E-state index is 11.0. The molecule has 0 aromatic heterocycles. The van der Waals surface area contributed by atoms with E-state index < -0.39 is 30.3 Å². The average molecular weight is 406 g/mol. The largest absolute Gasteiger partial charge is 0.480 e. The van der Waals surface area contributed by atoms with Crippen molar-refractivity contribution < 1.29 is 30.3 Å². The summed E-state index contributed by atoms with van der Waals surface area (Å²) in [4.78, 5) is 11.0. The zero-order valence-electron chi connectivity index (χ0n) is 17.6. The van der Waals surface area contributed by atoms with E-state index in [-0.39, 0.29) is 12.5 Å². The lowest BCUT2D eigenvalue weighted by atomic mass is 9.88. The van der Waals surface area contributed by atoms with Gasteiger partial charge in [-0.1, -0.05) is 77.6 Å². The SMILES string of the molecule is CCCCCCC(O)CCCCCCCCC[C@@H](O)[C@H](O)[C@@](N)(CO)C(=O)O. The number of aliphatic hydroxyl groups excluding tert-OH is 4. The zero-order chi connectivity index (χ0) is 21.4. The molecule has 0 aliphatic carbocycles. The van der Waals surface area contributed by atoms with Crippen molar-refractivity contribution in [3.05, 3.63) is 0 Å². The fourth-order valence-corrected chi connectivity index (χ4v) is 3.36. The van der Waals surface area contributed by atoms with Crippen molar-refractivity contribution in [2.24, 2.45) is 5.73 Å². The number of aliphatic hydroxyl groups is 4. The number of hydrogen-bond acceptors (Lipinski definition) is 6. The van der Waals surface area contributed by atoms with E-state index in [1.165, 1.54) is 19.3 Å². The van der Waals surface area contributed by atoms with Crippen LogP contribution in [0.15, 0.2) is 0 Å². The Morgan fingerprint density at radius 2 is 1.25 bits per heavy atom. The third-order valence-corrected chi connectivity index (χ3v) is 5.48. The molecule has 1 unspecified atom stereocenters. The van der Waals surface area contributed by atoms with Gasteiger partial charge in [-0.15, -0.1) is 0 Å². The lowest BCUT2D eigenvalue weighted by Crippen LogP contribution is -2.63. The first-order valence-electron chi connectivity index (χ1n) is 11.0. The number of rotatable bonds is 19. The topological polar surface area (TPSA) is 144 Å². The molecule has 0 saturated heterocycles. The molecule has 28 heavy (non-hydrogen) atoms. The molecule has 0 fully saturated rings. The minimum absolute atomic E-state index is 0.163. The van der Waals surface area contributed by atoms with E-state index in [0.29, 0.717) is 6.42 Å². The van der Waals surface area contributed by atoms with Gasteiger partial charge in [0.15, 0.2) is 5.54 Å².